The average molecular weight is 463 g/mol. The SMILES string of the molecule is O=C(Nc1ccccc1C(=O)NCCCN1CCN(Cc2ccccc2)CC1)c1cccs1. The lowest BCUT2D eigenvalue weighted by atomic mass is 10.1. The zero-order valence-corrected chi connectivity index (χ0v) is 19.5. The van der Waals surface area contributed by atoms with Crippen LogP contribution in [0.4, 0.5) is 5.69 Å². The van der Waals surface area contributed by atoms with Crippen LogP contribution in [0.2, 0.25) is 0 Å². The molecule has 1 aromatic heterocycles. The maximum absolute atomic E-state index is 12.7. The summed E-state index contributed by atoms with van der Waals surface area (Å²) in [5.41, 5.74) is 2.38. The Balaban J connectivity index is 1.18. The number of anilines is 1. The van der Waals surface area contributed by atoms with E-state index >= 15 is 0 Å². The Labute approximate surface area is 199 Å². The van der Waals surface area contributed by atoms with E-state index in [0.29, 0.717) is 22.7 Å². The lowest BCUT2D eigenvalue weighted by Gasteiger charge is -2.34. The predicted molar refractivity (Wildman–Crippen MR) is 134 cm³/mol. The summed E-state index contributed by atoms with van der Waals surface area (Å²) >= 11 is 1.37. The van der Waals surface area contributed by atoms with Gasteiger partial charge in [0, 0.05) is 39.3 Å². The first kappa shape index (κ1) is 23.2. The third-order valence-corrected chi connectivity index (χ3v) is 6.68. The minimum atomic E-state index is -0.198. The van der Waals surface area contributed by atoms with Gasteiger partial charge in [-0.15, -0.1) is 11.3 Å². The van der Waals surface area contributed by atoms with Crippen LogP contribution in [0.15, 0.2) is 72.1 Å². The molecule has 0 saturated carbocycles. The smallest absolute Gasteiger partial charge is 0.265 e. The van der Waals surface area contributed by atoms with Gasteiger partial charge in [-0.3, -0.25) is 14.5 Å². The van der Waals surface area contributed by atoms with Crippen molar-refractivity contribution in [3.8, 4) is 0 Å². The molecule has 0 aliphatic carbocycles. The molecule has 2 N–H and O–H groups in total. The van der Waals surface area contributed by atoms with Crippen LogP contribution in [0.5, 0.6) is 0 Å². The predicted octanol–water partition coefficient (Wildman–Crippen LogP) is 3.94. The Morgan fingerprint density at radius 3 is 2.30 bits per heavy atom. The second-order valence-corrected chi connectivity index (χ2v) is 9.14. The van der Waals surface area contributed by atoms with E-state index in [1.54, 1.807) is 18.2 Å². The molecule has 3 aromatic rings. The Kier molecular flexibility index (Phi) is 8.24. The lowest BCUT2D eigenvalue weighted by molar-refractivity contribution is 0.0948. The number of thiophene rings is 1. The number of para-hydroxylation sites is 1. The molecule has 2 aromatic carbocycles. The van der Waals surface area contributed by atoms with Crippen LogP contribution < -0.4 is 10.6 Å². The molecule has 2 amide bonds. The summed E-state index contributed by atoms with van der Waals surface area (Å²) in [4.78, 5) is 30.7. The molecule has 1 fully saturated rings. The molecule has 6 nitrogen and oxygen atoms in total. The van der Waals surface area contributed by atoms with Crippen LogP contribution in [0, 0.1) is 0 Å². The first-order chi connectivity index (χ1) is 16.2. The maximum atomic E-state index is 12.7. The summed E-state index contributed by atoms with van der Waals surface area (Å²) in [6.45, 7) is 6.83. The van der Waals surface area contributed by atoms with Gasteiger partial charge >= 0.3 is 0 Å². The first-order valence-electron chi connectivity index (χ1n) is 11.4. The van der Waals surface area contributed by atoms with Gasteiger partial charge in [-0.1, -0.05) is 48.5 Å². The number of rotatable bonds is 9. The first-order valence-corrected chi connectivity index (χ1v) is 12.3. The highest BCUT2D eigenvalue weighted by Gasteiger charge is 2.17. The number of nitrogens with zero attached hydrogens (tertiary/aromatic N) is 2. The minimum absolute atomic E-state index is 0.162. The number of hydrogen-bond acceptors (Lipinski definition) is 5. The van der Waals surface area contributed by atoms with E-state index < -0.39 is 0 Å². The number of piperazine rings is 1. The normalized spacial score (nSPS) is 14.7. The summed E-state index contributed by atoms with van der Waals surface area (Å²) in [5, 5.41) is 7.72. The molecule has 2 heterocycles. The highest BCUT2D eigenvalue weighted by atomic mass is 32.1. The zero-order chi connectivity index (χ0) is 22.9. The molecule has 1 aliphatic heterocycles. The molecule has 33 heavy (non-hydrogen) atoms. The van der Waals surface area contributed by atoms with Crippen molar-refractivity contribution in [2.75, 3.05) is 44.6 Å². The highest BCUT2D eigenvalue weighted by molar-refractivity contribution is 7.12. The fourth-order valence-corrected chi connectivity index (χ4v) is 4.61. The van der Waals surface area contributed by atoms with Gasteiger partial charge in [0.25, 0.3) is 11.8 Å². The van der Waals surface area contributed by atoms with E-state index in [2.05, 4.69) is 50.8 Å². The quantitative estimate of drug-likeness (QED) is 0.473. The summed E-state index contributed by atoms with van der Waals surface area (Å²) in [7, 11) is 0. The molecule has 1 saturated heterocycles. The van der Waals surface area contributed by atoms with Gasteiger partial charge in [0.1, 0.15) is 0 Å². The molecular formula is C26H30N4O2S. The van der Waals surface area contributed by atoms with Crippen molar-refractivity contribution in [3.63, 3.8) is 0 Å². The molecular weight excluding hydrogens is 432 g/mol. The fraction of sp³-hybridized carbons (Fsp3) is 0.308. The van der Waals surface area contributed by atoms with Crippen molar-refractivity contribution < 1.29 is 9.59 Å². The summed E-state index contributed by atoms with van der Waals surface area (Å²) in [5.74, 6) is -0.360. The van der Waals surface area contributed by atoms with Crippen molar-refractivity contribution in [1.82, 2.24) is 15.1 Å². The van der Waals surface area contributed by atoms with E-state index in [1.165, 1.54) is 16.9 Å². The molecule has 0 bridgehead atoms. The average Bonchev–Trinajstić information content (AvgIpc) is 3.39. The minimum Gasteiger partial charge on any atom is -0.352 e. The largest absolute Gasteiger partial charge is 0.352 e. The van der Waals surface area contributed by atoms with Gasteiger partial charge < -0.3 is 15.5 Å². The molecule has 0 atom stereocenters. The summed E-state index contributed by atoms with van der Waals surface area (Å²) in [6, 6.07) is 21.3. The standard InChI is InChI=1S/C26H30N4O2S/c31-25(22-10-4-5-11-23(22)28-26(32)24-12-6-19-33-24)27-13-7-14-29-15-17-30(18-16-29)20-21-8-2-1-3-9-21/h1-6,8-12,19H,7,13-18,20H2,(H,27,31)(H,28,32). The van der Waals surface area contributed by atoms with Gasteiger partial charge in [0.15, 0.2) is 0 Å². The van der Waals surface area contributed by atoms with Crippen molar-refractivity contribution in [2.45, 2.75) is 13.0 Å². The number of carbonyl (C=O) groups is 2. The number of hydrogen-bond donors (Lipinski definition) is 2. The Morgan fingerprint density at radius 2 is 1.55 bits per heavy atom. The van der Waals surface area contributed by atoms with Crippen LogP contribution in [0.3, 0.4) is 0 Å². The maximum Gasteiger partial charge on any atom is 0.265 e. The number of nitrogens with one attached hydrogen (secondary N) is 2. The van der Waals surface area contributed by atoms with Gasteiger partial charge in [-0.2, -0.15) is 0 Å². The van der Waals surface area contributed by atoms with E-state index in [1.807, 2.05) is 23.6 Å². The number of carbonyl (C=O) groups excluding carboxylic acids is 2. The Bertz CT molecular complexity index is 1030. The second-order valence-electron chi connectivity index (χ2n) is 8.19. The van der Waals surface area contributed by atoms with Gasteiger partial charge in [-0.05, 0) is 42.1 Å². The van der Waals surface area contributed by atoms with Crippen LogP contribution in [0.25, 0.3) is 0 Å². The van der Waals surface area contributed by atoms with Gasteiger partial charge in [0.2, 0.25) is 0 Å². The van der Waals surface area contributed by atoms with Crippen LogP contribution in [-0.2, 0) is 6.54 Å². The van der Waals surface area contributed by atoms with Crippen LogP contribution in [0.1, 0.15) is 32.0 Å². The highest BCUT2D eigenvalue weighted by Crippen LogP contribution is 2.18. The van der Waals surface area contributed by atoms with Crippen LogP contribution in [-0.4, -0.2) is 60.9 Å². The Morgan fingerprint density at radius 1 is 0.818 bits per heavy atom. The zero-order valence-electron chi connectivity index (χ0n) is 18.7. The molecule has 7 heteroatoms. The monoisotopic (exact) mass is 462 g/mol. The Hall–Kier alpha value is -3.00. The molecule has 172 valence electrons. The van der Waals surface area contributed by atoms with E-state index in [9.17, 15) is 9.59 Å². The van der Waals surface area contributed by atoms with Gasteiger partial charge in [-0.25, -0.2) is 0 Å². The van der Waals surface area contributed by atoms with Crippen molar-refractivity contribution in [3.05, 3.63) is 88.1 Å². The van der Waals surface area contributed by atoms with Gasteiger partial charge in [0.05, 0.1) is 16.1 Å². The van der Waals surface area contributed by atoms with Crippen molar-refractivity contribution in [2.24, 2.45) is 0 Å². The molecule has 4 rings (SSSR count). The van der Waals surface area contributed by atoms with Crippen molar-refractivity contribution in [1.29, 1.82) is 0 Å². The van der Waals surface area contributed by atoms with E-state index in [0.717, 1.165) is 45.7 Å². The van der Waals surface area contributed by atoms with Crippen LogP contribution >= 0.6 is 11.3 Å². The van der Waals surface area contributed by atoms with E-state index in [4.69, 9.17) is 0 Å². The lowest BCUT2D eigenvalue weighted by Crippen LogP contribution is -2.46. The third-order valence-electron chi connectivity index (χ3n) is 5.82. The summed E-state index contributed by atoms with van der Waals surface area (Å²) < 4.78 is 0. The molecule has 0 unspecified atom stereocenters. The number of benzene rings is 2. The molecule has 0 radical (unpaired) electrons. The third kappa shape index (κ3) is 6.74. The number of amides is 2. The summed E-state index contributed by atoms with van der Waals surface area (Å²) in [6.07, 6.45) is 0.897. The van der Waals surface area contributed by atoms with E-state index in [-0.39, 0.29) is 11.8 Å². The second kappa shape index (κ2) is 11.7. The fourth-order valence-electron chi connectivity index (χ4n) is 3.99. The molecule has 1 aliphatic rings. The topological polar surface area (TPSA) is 64.7 Å². The van der Waals surface area contributed by atoms with Crippen molar-refractivity contribution >= 4 is 28.8 Å². The molecule has 0 spiro atoms.